The molecule has 0 aliphatic heterocycles. The van der Waals surface area contributed by atoms with Crippen molar-refractivity contribution in [1.29, 1.82) is 0 Å². The first-order chi connectivity index (χ1) is 10.3. The van der Waals surface area contributed by atoms with Gasteiger partial charge in [-0.15, -0.1) is 0 Å². The predicted molar refractivity (Wildman–Crippen MR) is 83.7 cm³/mol. The maximum absolute atomic E-state index is 11.8. The first-order valence-electron chi connectivity index (χ1n) is 7.14. The molecule has 2 aromatic rings. The Labute approximate surface area is 124 Å². The van der Waals surface area contributed by atoms with Gasteiger partial charge in [-0.25, -0.2) is 0 Å². The van der Waals surface area contributed by atoms with E-state index >= 15 is 0 Å². The van der Waals surface area contributed by atoms with Crippen LogP contribution >= 0.6 is 0 Å². The Morgan fingerprint density at radius 3 is 2.33 bits per heavy atom. The summed E-state index contributed by atoms with van der Waals surface area (Å²) in [5.74, 6) is 0.526. The van der Waals surface area contributed by atoms with Crippen LogP contribution in [0.2, 0.25) is 0 Å². The van der Waals surface area contributed by atoms with Crippen molar-refractivity contribution in [2.75, 3.05) is 17.2 Å². The van der Waals surface area contributed by atoms with Crippen LogP contribution in [0.5, 0.6) is 5.75 Å². The predicted octanol–water partition coefficient (Wildman–Crippen LogP) is 3.28. The zero-order chi connectivity index (χ0) is 14.5. The highest BCUT2D eigenvalue weighted by Gasteiger charge is 2.20. The van der Waals surface area contributed by atoms with E-state index in [9.17, 15) is 4.79 Å². The van der Waals surface area contributed by atoms with Gasteiger partial charge in [0.2, 0.25) is 0 Å². The summed E-state index contributed by atoms with van der Waals surface area (Å²) >= 11 is 0. The molecule has 2 aromatic carbocycles. The molecule has 0 unspecified atom stereocenters. The number of carbonyl (C=O) groups is 1. The molecule has 1 saturated carbocycles. The van der Waals surface area contributed by atoms with Crippen LogP contribution in [-0.2, 0) is 4.79 Å². The van der Waals surface area contributed by atoms with Gasteiger partial charge in [-0.1, -0.05) is 18.2 Å². The van der Waals surface area contributed by atoms with E-state index in [0.29, 0.717) is 11.8 Å². The van der Waals surface area contributed by atoms with E-state index in [2.05, 4.69) is 10.6 Å². The van der Waals surface area contributed by atoms with Gasteiger partial charge in [-0.3, -0.25) is 4.79 Å². The highest BCUT2D eigenvalue weighted by molar-refractivity contribution is 5.92. The molecule has 108 valence electrons. The third-order valence-corrected chi connectivity index (χ3v) is 3.23. The summed E-state index contributed by atoms with van der Waals surface area (Å²) in [7, 11) is 0. The third kappa shape index (κ3) is 4.24. The van der Waals surface area contributed by atoms with E-state index in [0.717, 1.165) is 11.4 Å². The fourth-order valence-electron chi connectivity index (χ4n) is 1.98. The number of ether oxygens (including phenoxy) is 1. The van der Waals surface area contributed by atoms with Gasteiger partial charge in [-0.05, 0) is 49.2 Å². The molecule has 0 saturated heterocycles. The topological polar surface area (TPSA) is 50.4 Å². The fourth-order valence-corrected chi connectivity index (χ4v) is 1.98. The van der Waals surface area contributed by atoms with Gasteiger partial charge in [0.25, 0.3) is 5.91 Å². The van der Waals surface area contributed by atoms with Gasteiger partial charge >= 0.3 is 0 Å². The number of carbonyl (C=O) groups excluding carboxylic acids is 1. The van der Waals surface area contributed by atoms with Gasteiger partial charge in [-0.2, -0.15) is 0 Å². The Bertz CT molecular complexity index is 592. The van der Waals surface area contributed by atoms with Crippen molar-refractivity contribution in [2.45, 2.75) is 18.9 Å². The summed E-state index contributed by atoms with van der Waals surface area (Å²) in [5, 5.41) is 6.22. The van der Waals surface area contributed by atoms with E-state index in [1.807, 2.05) is 54.6 Å². The van der Waals surface area contributed by atoms with Gasteiger partial charge in [0, 0.05) is 17.4 Å². The molecule has 4 heteroatoms. The van der Waals surface area contributed by atoms with Crippen LogP contribution in [0.4, 0.5) is 11.4 Å². The summed E-state index contributed by atoms with van der Waals surface area (Å²) < 4.78 is 5.40. The SMILES string of the molecule is O=C(COc1ccccc1)Nc1ccc(NC2CC2)cc1. The first kappa shape index (κ1) is 13.5. The number of rotatable bonds is 6. The lowest BCUT2D eigenvalue weighted by atomic mass is 10.2. The van der Waals surface area contributed by atoms with E-state index in [4.69, 9.17) is 4.74 Å². The van der Waals surface area contributed by atoms with E-state index < -0.39 is 0 Å². The molecule has 1 aliphatic rings. The van der Waals surface area contributed by atoms with E-state index in [1.165, 1.54) is 12.8 Å². The zero-order valence-corrected chi connectivity index (χ0v) is 11.7. The number of hydrogen-bond acceptors (Lipinski definition) is 3. The molecule has 1 fully saturated rings. The van der Waals surface area contributed by atoms with Crippen molar-refractivity contribution < 1.29 is 9.53 Å². The Morgan fingerprint density at radius 2 is 1.67 bits per heavy atom. The van der Waals surface area contributed by atoms with Crippen LogP contribution in [0.15, 0.2) is 54.6 Å². The Kier molecular flexibility index (Phi) is 4.05. The molecular weight excluding hydrogens is 264 g/mol. The number of hydrogen-bond donors (Lipinski definition) is 2. The summed E-state index contributed by atoms with van der Waals surface area (Å²) in [6.45, 7) is 0.00604. The maximum Gasteiger partial charge on any atom is 0.262 e. The lowest BCUT2D eigenvalue weighted by Gasteiger charge is -2.09. The van der Waals surface area contributed by atoms with Gasteiger partial charge in [0.05, 0.1) is 0 Å². The van der Waals surface area contributed by atoms with Crippen molar-refractivity contribution in [1.82, 2.24) is 0 Å². The first-order valence-corrected chi connectivity index (χ1v) is 7.14. The maximum atomic E-state index is 11.8. The minimum absolute atomic E-state index is 0.00604. The molecule has 1 aliphatic carbocycles. The van der Waals surface area contributed by atoms with Gasteiger partial charge < -0.3 is 15.4 Å². The number of amides is 1. The summed E-state index contributed by atoms with van der Waals surface area (Å²) in [6, 6.07) is 17.7. The van der Waals surface area contributed by atoms with Crippen LogP contribution in [0, 0.1) is 0 Å². The van der Waals surface area contributed by atoms with E-state index in [-0.39, 0.29) is 12.5 Å². The molecule has 1 amide bonds. The average Bonchev–Trinajstić information content (AvgIpc) is 3.32. The fraction of sp³-hybridized carbons (Fsp3) is 0.235. The van der Waals surface area contributed by atoms with Crippen molar-refractivity contribution in [3.63, 3.8) is 0 Å². The van der Waals surface area contributed by atoms with Crippen LogP contribution < -0.4 is 15.4 Å². The molecule has 0 atom stereocenters. The highest BCUT2D eigenvalue weighted by atomic mass is 16.5. The van der Waals surface area contributed by atoms with Crippen molar-refractivity contribution in [3.05, 3.63) is 54.6 Å². The summed E-state index contributed by atoms with van der Waals surface area (Å²) in [4.78, 5) is 11.8. The second kappa shape index (κ2) is 6.31. The molecular formula is C17H18N2O2. The quantitative estimate of drug-likeness (QED) is 0.855. The van der Waals surface area contributed by atoms with Crippen molar-refractivity contribution in [3.8, 4) is 5.75 Å². The van der Waals surface area contributed by atoms with E-state index in [1.54, 1.807) is 0 Å². The number of anilines is 2. The minimum atomic E-state index is -0.165. The van der Waals surface area contributed by atoms with Crippen molar-refractivity contribution in [2.24, 2.45) is 0 Å². The smallest absolute Gasteiger partial charge is 0.262 e. The molecule has 2 N–H and O–H groups in total. The molecule has 0 radical (unpaired) electrons. The van der Waals surface area contributed by atoms with Gasteiger partial charge in [0.15, 0.2) is 6.61 Å². The second-order valence-corrected chi connectivity index (χ2v) is 5.15. The average molecular weight is 282 g/mol. The zero-order valence-electron chi connectivity index (χ0n) is 11.7. The molecule has 4 nitrogen and oxygen atoms in total. The lowest BCUT2D eigenvalue weighted by molar-refractivity contribution is -0.118. The largest absolute Gasteiger partial charge is 0.484 e. The number of nitrogens with one attached hydrogen (secondary N) is 2. The lowest BCUT2D eigenvalue weighted by Crippen LogP contribution is -2.20. The van der Waals surface area contributed by atoms with Crippen molar-refractivity contribution >= 4 is 17.3 Å². The number of para-hydroxylation sites is 1. The molecule has 0 aromatic heterocycles. The molecule has 0 heterocycles. The third-order valence-electron chi connectivity index (χ3n) is 3.23. The summed E-state index contributed by atoms with van der Waals surface area (Å²) in [5.41, 5.74) is 1.87. The Hall–Kier alpha value is -2.49. The Morgan fingerprint density at radius 1 is 1.00 bits per heavy atom. The number of benzene rings is 2. The van der Waals surface area contributed by atoms with Gasteiger partial charge in [0.1, 0.15) is 5.75 Å². The molecule has 21 heavy (non-hydrogen) atoms. The van der Waals surface area contributed by atoms with Crippen LogP contribution in [0.3, 0.4) is 0 Å². The van der Waals surface area contributed by atoms with Crippen LogP contribution in [0.25, 0.3) is 0 Å². The monoisotopic (exact) mass is 282 g/mol. The minimum Gasteiger partial charge on any atom is -0.484 e. The van der Waals surface area contributed by atoms with Crippen LogP contribution in [0.1, 0.15) is 12.8 Å². The highest BCUT2D eigenvalue weighted by Crippen LogP contribution is 2.25. The molecule has 0 spiro atoms. The molecule has 0 bridgehead atoms. The molecule has 3 rings (SSSR count). The van der Waals surface area contributed by atoms with Crippen LogP contribution in [-0.4, -0.2) is 18.6 Å². The summed E-state index contributed by atoms with van der Waals surface area (Å²) in [6.07, 6.45) is 2.49. The normalized spacial score (nSPS) is 13.5. The second-order valence-electron chi connectivity index (χ2n) is 5.15. The standard InChI is InChI=1S/C17H18N2O2/c20-17(12-21-16-4-2-1-3-5-16)19-15-10-8-14(9-11-15)18-13-6-7-13/h1-5,8-11,13,18H,6-7,12H2,(H,19,20). The Balaban J connectivity index is 1.47.